The standard InChI is InChI=1S/C17H26ClN3O2/c1-14(13-23-2)19-17(22)12-21-9-7-20(8-10-21)11-15-3-5-16(18)6-4-15/h3-6,14H,7-13H2,1-2H3,(H,19,22). The lowest BCUT2D eigenvalue weighted by molar-refractivity contribution is -0.123. The van der Waals surface area contributed by atoms with E-state index in [0.29, 0.717) is 13.2 Å². The molecule has 5 nitrogen and oxygen atoms in total. The molecule has 1 atom stereocenters. The number of nitrogens with one attached hydrogen (secondary N) is 1. The van der Waals surface area contributed by atoms with E-state index in [4.69, 9.17) is 16.3 Å². The molecular weight excluding hydrogens is 314 g/mol. The van der Waals surface area contributed by atoms with Gasteiger partial charge in [-0.25, -0.2) is 0 Å². The van der Waals surface area contributed by atoms with Gasteiger partial charge in [-0.1, -0.05) is 23.7 Å². The number of methoxy groups -OCH3 is 1. The van der Waals surface area contributed by atoms with Crippen molar-refractivity contribution < 1.29 is 9.53 Å². The molecule has 0 aromatic heterocycles. The molecule has 1 amide bonds. The highest BCUT2D eigenvalue weighted by molar-refractivity contribution is 6.30. The minimum atomic E-state index is 0.0543. The smallest absolute Gasteiger partial charge is 0.234 e. The molecule has 0 aliphatic carbocycles. The summed E-state index contributed by atoms with van der Waals surface area (Å²) in [6.07, 6.45) is 0. The summed E-state index contributed by atoms with van der Waals surface area (Å²) in [5, 5.41) is 3.72. The fraction of sp³-hybridized carbons (Fsp3) is 0.588. The summed E-state index contributed by atoms with van der Waals surface area (Å²) in [5.74, 6) is 0.0701. The first-order valence-corrected chi connectivity index (χ1v) is 8.42. The third-order valence-corrected chi connectivity index (χ3v) is 4.23. The molecule has 1 saturated heterocycles. The van der Waals surface area contributed by atoms with Crippen LogP contribution in [0.25, 0.3) is 0 Å². The average molecular weight is 340 g/mol. The number of hydrogen-bond acceptors (Lipinski definition) is 4. The summed E-state index contributed by atoms with van der Waals surface area (Å²) in [7, 11) is 1.64. The van der Waals surface area contributed by atoms with Crippen LogP contribution in [-0.4, -0.2) is 68.2 Å². The van der Waals surface area contributed by atoms with Gasteiger partial charge in [-0.05, 0) is 24.6 Å². The Labute approximate surface area is 143 Å². The van der Waals surface area contributed by atoms with Crippen molar-refractivity contribution in [2.75, 3.05) is 46.4 Å². The number of benzene rings is 1. The van der Waals surface area contributed by atoms with Crippen LogP contribution in [-0.2, 0) is 16.1 Å². The summed E-state index contributed by atoms with van der Waals surface area (Å²) in [6.45, 7) is 7.67. The van der Waals surface area contributed by atoms with Gasteiger partial charge in [0.1, 0.15) is 0 Å². The van der Waals surface area contributed by atoms with Crippen molar-refractivity contribution in [2.24, 2.45) is 0 Å². The summed E-state index contributed by atoms with van der Waals surface area (Å²) in [4.78, 5) is 16.6. The van der Waals surface area contributed by atoms with E-state index in [-0.39, 0.29) is 11.9 Å². The van der Waals surface area contributed by atoms with Gasteiger partial charge in [0, 0.05) is 50.9 Å². The second-order valence-corrected chi connectivity index (χ2v) is 6.54. The molecule has 1 aromatic carbocycles. The van der Waals surface area contributed by atoms with Crippen molar-refractivity contribution in [3.8, 4) is 0 Å². The molecule has 128 valence electrons. The van der Waals surface area contributed by atoms with Crippen LogP contribution in [0.1, 0.15) is 12.5 Å². The lowest BCUT2D eigenvalue weighted by Gasteiger charge is -2.34. The summed E-state index contributed by atoms with van der Waals surface area (Å²) in [5.41, 5.74) is 1.27. The number of amides is 1. The number of carbonyl (C=O) groups is 1. The van der Waals surface area contributed by atoms with E-state index in [1.54, 1.807) is 7.11 Å². The Kier molecular flexibility index (Phi) is 7.30. The van der Waals surface area contributed by atoms with Crippen LogP contribution >= 0.6 is 11.6 Å². The first-order valence-electron chi connectivity index (χ1n) is 8.04. The number of nitrogens with zero attached hydrogens (tertiary/aromatic N) is 2. The molecule has 0 radical (unpaired) electrons. The fourth-order valence-electron chi connectivity index (χ4n) is 2.77. The molecule has 1 unspecified atom stereocenters. The maximum Gasteiger partial charge on any atom is 0.234 e. The molecule has 1 aliphatic rings. The molecule has 1 fully saturated rings. The van der Waals surface area contributed by atoms with E-state index in [9.17, 15) is 4.79 Å². The van der Waals surface area contributed by atoms with E-state index in [0.717, 1.165) is 37.7 Å². The van der Waals surface area contributed by atoms with Gasteiger partial charge in [0.25, 0.3) is 0 Å². The van der Waals surface area contributed by atoms with Crippen molar-refractivity contribution >= 4 is 17.5 Å². The highest BCUT2D eigenvalue weighted by Crippen LogP contribution is 2.12. The zero-order chi connectivity index (χ0) is 16.7. The highest BCUT2D eigenvalue weighted by atomic mass is 35.5. The van der Waals surface area contributed by atoms with E-state index >= 15 is 0 Å². The zero-order valence-electron chi connectivity index (χ0n) is 13.9. The largest absolute Gasteiger partial charge is 0.383 e. The first kappa shape index (κ1) is 18.2. The minimum absolute atomic E-state index is 0.0543. The van der Waals surface area contributed by atoms with Gasteiger partial charge in [0.2, 0.25) is 5.91 Å². The summed E-state index contributed by atoms with van der Waals surface area (Å²) in [6, 6.07) is 8.05. The Morgan fingerprint density at radius 1 is 1.22 bits per heavy atom. The second kappa shape index (κ2) is 9.23. The maximum absolute atomic E-state index is 12.0. The van der Waals surface area contributed by atoms with E-state index in [2.05, 4.69) is 27.2 Å². The van der Waals surface area contributed by atoms with Crippen LogP contribution in [0.4, 0.5) is 0 Å². The molecule has 0 spiro atoms. The molecule has 23 heavy (non-hydrogen) atoms. The normalized spacial score (nSPS) is 17.9. The van der Waals surface area contributed by atoms with Crippen LogP contribution in [0, 0.1) is 0 Å². The van der Waals surface area contributed by atoms with Crippen LogP contribution in [0.2, 0.25) is 5.02 Å². The summed E-state index contributed by atoms with van der Waals surface area (Å²) >= 11 is 5.91. The molecule has 2 rings (SSSR count). The number of ether oxygens (including phenoxy) is 1. The van der Waals surface area contributed by atoms with Crippen molar-refractivity contribution in [2.45, 2.75) is 19.5 Å². The van der Waals surface area contributed by atoms with Gasteiger partial charge < -0.3 is 10.1 Å². The Morgan fingerprint density at radius 2 is 1.83 bits per heavy atom. The van der Waals surface area contributed by atoms with Gasteiger partial charge >= 0.3 is 0 Å². The van der Waals surface area contributed by atoms with Crippen LogP contribution in [0.15, 0.2) is 24.3 Å². The zero-order valence-corrected chi connectivity index (χ0v) is 14.7. The van der Waals surface area contributed by atoms with Crippen molar-refractivity contribution in [1.29, 1.82) is 0 Å². The molecule has 6 heteroatoms. The quantitative estimate of drug-likeness (QED) is 0.819. The van der Waals surface area contributed by atoms with Crippen molar-refractivity contribution in [3.05, 3.63) is 34.9 Å². The predicted octanol–water partition coefficient (Wildman–Crippen LogP) is 1.61. The highest BCUT2D eigenvalue weighted by Gasteiger charge is 2.19. The molecule has 1 aromatic rings. The van der Waals surface area contributed by atoms with E-state index < -0.39 is 0 Å². The molecule has 1 aliphatic heterocycles. The SMILES string of the molecule is COCC(C)NC(=O)CN1CCN(Cc2ccc(Cl)cc2)CC1. The number of rotatable bonds is 7. The van der Waals surface area contributed by atoms with Crippen molar-refractivity contribution in [3.63, 3.8) is 0 Å². The second-order valence-electron chi connectivity index (χ2n) is 6.10. The monoisotopic (exact) mass is 339 g/mol. The number of hydrogen-bond donors (Lipinski definition) is 1. The van der Waals surface area contributed by atoms with Gasteiger partial charge in [-0.2, -0.15) is 0 Å². The molecule has 0 bridgehead atoms. The number of halogens is 1. The maximum atomic E-state index is 12.0. The van der Waals surface area contributed by atoms with Gasteiger partial charge in [-0.3, -0.25) is 14.6 Å². The Hall–Kier alpha value is -1.14. The number of carbonyl (C=O) groups excluding carboxylic acids is 1. The summed E-state index contributed by atoms with van der Waals surface area (Å²) < 4.78 is 5.03. The predicted molar refractivity (Wildman–Crippen MR) is 92.6 cm³/mol. The third-order valence-electron chi connectivity index (χ3n) is 3.98. The minimum Gasteiger partial charge on any atom is -0.383 e. The average Bonchev–Trinajstić information content (AvgIpc) is 2.51. The van der Waals surface area contributed by atoms with E-state index in [1.165, 1.54) is 5.56 Å². The Morgan fingerprint density at radius 3 is 2.43 bits per heavy atom. The van der Waals surface area contributed by atoms with Crippen LogP contribution in [0.5, 0.6) is 0 Å². The molecular formula is C17H26ClN3O2. The van der Waals surface area contributed by atoms with Gasteiger partial charge in [0.05, 0.1) is 13.2 Å². The fourth-order valence-corrected chi connectivity index (χ4v) is 2.89. The Bertz CT molecular complexity index is 487. The van der Waals surface area contributed by atoms with E-state index in [1.807, 2.05) is 19.1 Å². The van der Waals surface area contributed by atoms with Gasteiger partial charge in [0.15, 0.2) is 0 Å². The topological polar surface area (TPSA) is 44.8 Å². The molecule has 1 N–H and O–H groups in total. The van der Waals surface area contributed by atoms with Gasteiger partial charge in [-0.15, -0.1) is 0 Å². The van der Waals surface area contributed by atoms with Crippen LogP contribution in [0.3, 0.4) is 0 Å². The van der Waals surface area contributed by atoms with Crippen molar-refractivity contribution in [1.82, 2.24) is 15.1 Å². The molecule has 0 saturated carbocycles. The third kappa shape index (κ3) is 6.47. The lowest BCUT2D eigenvalue weighted by Crippen LogP contribution is -2.50. The number of piperazine rings is 1. The molecule has 1 heterocycles. The van der Waals surface area contributed by atoms with Crippen LogP contribution < -0.4 is 5.32 Å². The first-order chi connectivity index (χ1) is 11.1. The lowest BCUT2D eigenvalue weighted by atomic mass is 10.2. The Balaban J connectivity index is 1.69.